The van der Waals surface area contributed by atoms with E-state index in [1.807, 2.05) is 12.1 Å². The lowest BCUT2D eigenvalue weighted by molar-refractivity contribution is -0.136. The number of benzene rings is 1. The Morgan fingerprint density at radius 3 is 2.79 bits per heavy atom. The molecule has 1 aromatic rings. The molecule has 2 fully saturated rings. The van der Waals surface area contributed by atoms with Gasteiger partial charge in [0.25, 0.3) is 5.91 Å². The minimum absolute atomic E-state index is 0.0663. The molecule has 0 aliphatic carbocycles. The van der Waals surface area contributed by atoms with Crippen LogP contribution in [0.4, 0.5) is 0 Å². The fraction of sp³-hybridized carbons (Fsp3) is 0.591. The van der Waals surface area contributed by atoms with Crippen LogP contribution in [0.3, 0.4) is 0 Å². The van der Waals surface area contributed by atoms with E-state index in [0.717, 1.165) is 30.8 Å². The summed E-state index contributed by atoms with van der Waals surface area (Å²) >= 11 is 0. The third-order valence-electron chi connectivity index (χ3n) is 6.43. The Balaban J connectivity index is 1.46. The first-order chi connectivity index (χ1) is 14.0. The Bertz CT molecular complexity index is 824. The van der Waals surface area contributed by atoms with Crippen molar-refractivity contribution in [2.45, 2.75) is 70.7 Å². The number of likely N-dealkylation sites (N-methyl/N-ethyl adjacent to an activating group) is 1. The third kappa shape index (κ3) is 3.88. The Labute approximate surface area is 171 Å². The fourth-order valence-corrected chi connectivity index (χ4v) is 4.86. The van der Waals surface area contributed by atoms with Gasteiger partial charge in [-0.1, -0.05) is 13.3 Å². The van der Waals surface area contributed by atoms with Gasteiger partial charge in [-0.05, 0) is 63.0 Å². The van der Waals surface area contributed by atoms with Gasteiger partial charge in [-0.2, -0.15) is 0 Å². The van der Waals surface area contributed by atoms with E-state index < -0.39 is 6.04 Å². The Hall–Kier alpha value is -2.41. The molecule has 2 unspecified atom stereocenters. The molecule has 3 amide bonds. The number of nitrogens with zero attached hydrogens (tertiary/aromatic N) is 2. The molecule has 3 aliphatic heterocycles. The number of ether oxygens (including phenoxy) is 1. The van der Waals surface area contributed by atoms with Crippen molar-refractivity contribution in [3.8, 4) is 5.75 Å². The van der Waals surface area contributed by atoms with Crippen LogP contribution >= 0.6 is 0 Å². The highest BCUT2D eigenvalue weighted by Gasteiger charge is 2.39. The number of fused-ring (bicyclic) bond motifs is 1. The first-order valence-electron chi connectivity index (χ1n) is 10.7. The summed E-state index contributed by atoms with van der Waals surface area (Å²) in [5, 5.41) is 2.34. The Morgan fingerprint density at radius 2 is 2.03 bits per heavy atom. The van der Waals surface area contributed by atoms with Crippen molar-refractivity contribution in [1.82, 2.24) is 15.1 Å². The maximum Gasteiger partial charge on any atom is 0.255 e. The highest BCUT2D eigenvalue weighted by atomic mass is 16.5. The van der Waals surface area contributed by atoms with Crippen molar-refractivity contribution in [1.29, 1.82) is 0 Å². The van der Waals surface area contributed by atoms with Crippen molar-refractivity contribution < 1.29 is 19.1 Å². The van der Waals surface area contributed by atoms with E-state index in [9.17, 15) is 14.4 Å². The van der Waals surface area contributed by atoms with Crippen LogP contribution in [0.15, 0.2) is 18.2 Å². The first-order valence-corrected chi connectivity index (χ1v) is 10.7. The number of piperidine rings is 2. The van der Waals surface area contributed by atoms with Crippen LogP contribution in [0.25, 0.3) is 0 Å². The second-order valence-corrected chi connectivity index (χ2v) is 8.23. The molecule has 7 heteroatoms. The summed E-state index contributed by atoms with van der Waals surface area (Å²) in [5.41, 5.74) is 1.49. The fourth-order valence-electron chi connectivity index (χ4n) is 4.86. The molecule has 0 radical (unpaired) electrons. The topological polar surface area (TPSA) is 79.0 Å². The molecule has 3 aliphatic rings. The molecule has 1 aromatic carbocycles. The standard InChI is InChI=1S/C22H29N3O4/c1-3-24-11-5-4-6-18(24)14(2)29-16-7-8-17-15(12-16)13-25(22(17)28)19-9-10-20(26)23-21(19)27/h7-8,12,14,18-19H,3-6,9-11,13H2,1-2H3,(H,23,26,27)/t14-,18?,19?/m0/s1. The van der Waals surface area contributed by atoms with Crippen LogP contribution in [0, 0.1) is 0 Å². The van der Waals surface area contributed by atoms with Gasteiger partial charge in [-0.25, -0.2) is 0 Å². The molecule has 7 nitrogen and oxygen atoms in total. The van der Waals surface area contributed by atoms with Gasteiger partial charge in [0.2, 0.25) is 11.8 Å². The minimum atomic E-state index is -0.587. The third-order valence-corrected chi connectivity index (χ3v) is 6.43. The predicted octanol–water partition coefficient (Wildman–Crippen LogP) is 2.09. The highest BCUT2D eigenvalue weighted by molar-refractivity contribution is 6.05. The molecular formula is C22H29N3O4. The highest BCUT2D eigenvalue weighted by Crippen LogP contribution is 2.31. The molecule has 4 rings (SSSR count). The SMILES string of the molecule is CCN1CCCCC1[C@H](C)Oc1ccc2c(c1)CN(C1CCC(=O)NC1=O)C2=O. The normalized spacial score (nSPS) is 26.3. The van der Waals surface area contributed by atoms with Gasteiger partial charge in [0.05, 0.1) is 0 Å². The van der Waals surface area contributed by atoms with Crippen molar-refractivity contribution in [3.63, 3.8) is 0 Å². The van der Waals surface area contributed by atoms with Crippen LogP contribution in [-0.2, 0) is 16.1 Å². The van der Waals surface area contributed by atoms with Crippen molar-refractivity contribution in [3.05, 3.63) is 29.3 Å². The zero-order chi connectivity index (χ0) is 20.5. The van der Waals surface area contributed by atoms with Gasteiger partial charge in [0, 0.05) is 24.6 Å². The first kappa shape index (κ1) is 19.9. The van der Waals surface area contributed by atoms with Gasteiger partial charge in [0.1, 0.15) is 17.9 Å². The van der Waals surface area contributed by atoms with E-state index in [0.29, 0.717) is 24.6 Å². The summed E-state index contributed by atoms with van der Waals surface area (Å²) in [7, 11) is 0. The molecule has 3 atom stereocenters. The maximum atomic E-state index is 12.8. The number of nitrogens with one attached hydrogen (secondary N) is 1. The number of likely N-dealkylation sites (tertiary alicyclic amines) is 1. The van der Waals surface area contributed by atoms with E-state index in [1.165, 1.54) is 12.8 Å². The van der Waals surface area contributed by atoms with Crippen molar-refractivity contribution in [2.75, 3.05) is 13.1 Å². The van der Waals surface area contributed by atoms with E-state index in [1.54, 1.807) is 11.0 Å². The Morgan fingerprint density at radius 1 is 1.21 bits per heavy atom. The summed E-state index contributed by atoms with van der Waals surface area (Å²) in [6.45, 7) is 6.82. The Kier molecular flexibility index (Phi) is 5.58. The van der Waals surface area contributed by atoms with Gasteiger partial charge in [0.15, 0.2) is 0 Å². The molecule has 1 N–H and O–H groups in total. The number of hydrogen-bond acceptors (Lipinski definition) is 5. The molecular weight excluding hydrogens is 370 g/mol. The van der Waals surface area contributed by atoms with Gasteiger partial charge in [-0.3, -0.25) is 24.6 Å². The minimum Gasteiger partial charge on any atom is -0.489 e. The maximum absolute atomic E-state index is 12.8. The quantitative estimate of drug-likeness (QED) is 0.767. The lowest BCUT2D eigenvalue weighted by Crippen LogP contribution is -2.52. The summed E-state index contributed by atoms with van der Waals surface area (Å²) in [6.07, 6.45) is 4.32. The van der Waals surface area contributed by atoms with Crippen LogP contribution in [0.1, 0.15) is 61.9 Å². The van der Waals surface area contributed by atoms with Crippen LogP contribution in [0.5, 0.6) is 5.75 Å². The molecule has 2 saturated heterocycles. The zero-order valence-electron chi connectivity index (χ0n) is 17.1. The van der Waals surface area contributed by atoms with E-state index in [2.05, 4.69) is 24.1 Å². The molecule has 0 spiro atoms. The molecule has 29 heavy (non-hydrogen) atoms. The summed E-state index contributed by atoms with van der Waals surface area (Å²) in [4.78, 5) is 40.4. The number of carbonyl (C=O) groups is 3. The second kappa shape index (κ2) is 8.14. The smallest absolute Gasteiger partial charge is 0.255 e. The summed E-state index contributed by atoms with van der Waals surface area (Å²) < 4.78 is 6.27. The lowest BCUT2D eigenvalue weighted by Gasteiger charge is -2.38. The average Bonchev–Trinajstić information content (AvgIpc) is 3.03. The average molecular weight is 399 g/mol. The number of rotatable bonds is 5. The van der Waals surface area contributed by atoms with Gasteiger partial charge in [-0.15, -0.1) is 0 Å². The molecule has 0 aromatic heterocycles. The number of hydrogen-bond donors (Lipinski definition) is 1. The zero-order valence-corrected chi connectivity index (χ0v) is 17.1. The lowest BCUT2D eigenvalue weighted by atomic mass is 9.98. The van der Waals surface area contributed by atoms with Crippen LogP contribution < -0.4 is 10.1 Å². The molecule has 3 heterocycles. The molecule has 0 bridgehead atoms. The van der Waals surface area contributed by atoms with E-state index in [-0.39, 0.29) is 30.2 Å². The van der Waals surface area contributed by atoms with Gasteiger partial charge >= 0.3 is 0 Å². The number of amides is 3. The van der Waals surface area contributed by atoms with Crippen LogP contribution in [0.2, 0.25) is 0 Å². The van der Waals surface area contributed by atoms with Crippen LogP contribution in [-0.4, -0.2) is 58.8 Å². The van der Waals surface area contributed by atoms with E-state index in [4.69, 9.17) is 4.74 Å². The van der Waals surface area contributed by atoms with E-state index >= 15 is 0 Å². The summed E-state index contributed by atoms with van der Waals surface area (Å²) in [5.74, 6) is -0.0530. The van der Waals surface area contributed by atoms with Crippen molar-refractivity contribution in [2.24, 2.45) is 0 Å². The largest absolute Gasteiger partial charge is 0.489 e. The second-order valence-electron chi connectivity index (χ2n) is 8.23. The monoisotopic (exact) mass is 399 g/mol. The van der Waals surface area contributed by atoms with Crippen molar-refractivity contribution >= 4 is 17.7 Å². The number of carbonyl (C=O) groups excluding carboxylic acids is 3. The molecule has 156 valence electrons. The predicted molar refractivity (Wildman–Crippen MR) is 107 cm³/mol. The number of imide groups is 1. The molecule has 0 saturated carbocycles. The van der Waals surface area contributed by atoms with Gasteiger partial charge < -0.3 is 9.64 Å². The summed E-state index contributed by atoms with van der Waals surface area (Å²) in [6, 6.07) is 5.39.